The molecule has 2 rings (SSSR count). The number of esters is 1. The van der Waals surface area contributed by atoms with Gasteiger partial charge >= 0.3 is 5.97 Å². The molecule has 1 heterocycles. The maximum atomic E-state index is 12.9. The minimum atomic E-state index is -0.616. The molecule has 4 nitrogen and oxygen atoms in total. The van der Waals surface area contributed by atoms with Crippen LogP contribution < -0.4 is 0 Å². The third kappa shape index (κ3) is 1.93. The first kappa shape index (κ1) is 10.4. The normalized spacial score (nSPS) is 10.1. The summed E-state index contributed by atoms with van der Waals surface area (Å²) in [5, 5.41) is 3.65. The lowest BCUT2D eigenvalue weighted by atomic mass is 10.1. The van der Waals surface area contributed by atoms with E-state index in [4.69, 9.17) is 4.52 Å². The first-order valence-corrected chi connectivity index (χ1v) is 4.51. The van der Waals surface area contributed by atoms with E-state index < -0.39 is 5.97 Å². The summed E-state index contributed by atoms with van der Waals surface area (Å²) >= 11 is 0. The number of carbonyl (C=O) groups is 1. The largest absolute Gasteiger partial charge is 0.463 e. The second-order valence-electron chi connectivity index (χ2n) is 3.08. The first-order chi connectivity index (χ1) is 7.70. The number of halogens is 1. The molecule has 0 unspecified atom stereocenters. The fourth-order valence-electron chi connectivity index (χ4n) is 1.26. The Balaban J connectivity index is 2.35. The Bertz CT molecular complexity index is 521. The van der Waals surface area contributed by atoms with Crippen LogP contribution >= 0.6 is 0 Å². The van der Waals surface area contributed by atoms with Crippen LogP contribution in [0.5, 0.6) is 0 Å². The number of aromatic nitrogens is 1. The zero-order valence-electron chi connectivity index (χ0n) is 8.44. The van der Waals surface area contributed by atoms with Gasteiger partial charge in [0.2, 0.25) is 5.76 Å². The molecule has 5 heteroatoms. The standard InChI is InChI=1S/C11H8FNO3/c1-15-11(14)10-6-9(13-16-10)7-3-2-4-8(12)5-7/h2-6H,1H3. The SMILES string of the molecule is COC(=O)c1cc(-c2cccc(F)c2)no1. The van der Waals surface area contributed by atoms with E-state index in [1.807, 2.05) is 0 Å². The maximum absolute atomic E-state index is 12.9. The molecule has 0 fully saturated rings. The predicted octanol–water partition coefficient (Wildman–Crippen LogP) is 2.27. The van der Waals surface area contributed by atoms with Gasteiger partial charge in [-0.25, -0.2) is 9.18 Å². The monoisotopic (exact) mass is 221 g/mol. The summed E-state index contributed by atoms with van der Waals surface area (Å²) < 4.78 is 22.2. The zero-order valence-corrected chi connectivity index (χ0v) is 8.44. The fourth-order valence-corrected chi connectivity index (χ4v) is 1.26. The molecule has 2 aromatic rings. The van der Waals surface area contributed by atoms with Crippen molar-refractivity contribution in [3.05, 3.63) is 41.9 Å². The molecule has 0 aliphatic carbocycles. The lowest BCUT2D eigenvalue weighted by molar-refractivity contribution is 0.0554. The van der Waals surface area contributed by atoms with Gasteiger partial charge in [0.25, 0.3) is 0 Å². The van der Waals surface area contributed by atoms with Crippen molar-refractivity contribution in [3.8, 4) is 11.3 Å². The number of benzene rings is 1. The van der Waals surface area contributed by atoms with E-state index in [9.17, 15) is 9.18 Å². The molecule has 0 spiro atoms. The second-order valence-corrected chi connectivity index (χ2v) is 3.08. The highest BCUT2D eigenvalue weighted by Crippen LogP contribution is 2.20. The van der Waals surface area contributed by atoms with Crippen LogP contribution in [0, 0.1) is 5.82 Å². The van der Waals surface area contributed by atoms with Crippen LogP contribution in [-0.4, -0.2) is 18.2 Å². The van der Waals surface area contributed by atoms with Crippen LogP contribution in [0.15, 0.2) is 34.9 Å². The van der Waals surface area contributed by atoms with Crippen molar-refractivity contribution in [2.75, 3.05) is 7.11 Å². The third-order valence-corrected chi connectivity index (χ3v) is 2.02. The number of carbonyl (C=O) groups excluding carboxylic acids is 1. The molecule has 1 aromatic carbocycles. The Morgan fingerprint density at radius 2 is 2.25 bits per heavy atom. The highest BCUT2D eigenvalue weighted by atomic mass is 19.1. The summed E-state index contributed by atoms with van der Waals surface area (Å²) in [6, 6.07) is 7.25. The number of nitrogens with zero attached hydrogens (tertiary/aromatic N) is 1. The average molecular weight is 221 g/mol. The highest BCUT2D eigenvalue weighted by molar-refractivity contribution is 5.87. The summed E-state index contributed by atoms with van der Waals surface area (Å²) in [5.74, 6) is -1.00. The summed E-state index contributed by atoms with van der Waals surface area (Å²) in [4.78, 5) is 11.1. The van der Waals surface area contributed by atoms with Gasteiger partial charge in [0, 0.05) is 11.6 Å². The number of hydrogen-bond donors (Lipinski definition) is 0. The van der Waals surface area contributed by atoms with Gasteiger partial charge in [0.1, 0.15) is 11.5 Å². The second kappa shape index (κ2) is 4.14. The van der Waals surface area contributed by atoms with Crippen LogP contribution in [-0.2, 0) is 4.74 Å². The lowest BCUT2D eigenvalue weighted by Gasteiger charge is -1.93. The van der Waals surface area contributed by atoms with Crippen molar-refractivity contribution < 1.29 is 18.4 Å². The minimum Gasteiger partial charge on any atom is -0.463 e. The molecule has 0 saturated heterocycles. The van der Waals surface area contributed by atoms with Crippen molar-refractivity contribution >= 4 is 5.97 Å². The summed E-state index contributed by atoms with van der Waals surface area (Å²) in [6.45, 7) is 0. The Morgan fingerprint density at radius 3 is 2.94 bits per heavy atom. The molecule has 0 aliphatic heterocycles. The van der Waals surface area contributed by atoms with Crippen molar-refractivity contribution in [3.63, 3.8) is 0 Å². The molecule has 0 saturated carbocycles. The van der Waals surface area contributed by atoms with Gasteiger partial charge in [-0.3, -0.25) is 0 Å². The molecule has 0 bridgehead atoms. The molecule has 82 valence electrons. The van der Waals surface area contributed by atoms with Gasteiger partial charge in [-0.15, -0.1) is 0 Å². The highest BCUT2D eigenvalue weighted by Gasteiger charge is 2.14. The van der Waals surface area contributed by atoms with E-state index in [2.05, 4.69) is 9.89 Å². The number of methoxy groups -OCH3 is 1. The summed E-state index contributed by atoms with van der Waals surface area (Å²) in [7, 11) is 1.24. The molecule has 0 amide bonds. The van der Waals surface area contributed by atoms with E-state index in [0.29, 0.717) is 11.3 Å². The number of rotatable bonds is 2. The maximum Gasteiger partial charge on any atom is 0.376 e. The lowest BCUT2D eigenvalue weighted by Crippen LogP contribution is -1.98. The average Bonchev–Trinajstić information content (AvgIpc) is 2.77. The van der Waals surface area contributed by atoms with Gasteiger partial charge in [-0.05, 0) is 12.1 Å². The molecular formula is C11H8FNO3. The van der Waals surface area contributed by atoms with Gasteiger partial charge in [0.15, 0.2) is 0 Å². The zero-order chi connectivity index (χ0) is 11.5. The van der Waals surface area contributed by atoms with Gasteiger partial charge in [-0.2, -0.15) is 0 Å². The van der Waals surface area contributed by atoms with Crippen LogP contribution in [0.3, 0.4) is 0 Å². The molecule has 0 aliphatic rings. The summed E-state index contributed by atoms with van der Waals surface area (Å²) in [6.07, 6.45) is 0. The minimum absolute atomic E-state index is 0.0123. The quantitative estimate of drug-likeness (QED) is 0.730. The Morgan fingerprint density at radius 1 is 1.44 bits per heavy atom. The van der Waals surface area contributed by atoms with Crippen LogP contribution in [0.4, 0.5) is 4.39 Å². The first-order valence-electron chi connectivity index (χ1n) is 4.51. The van der Waals surface area contributed by atoms with Gasteiger partial charge in [0.05, 0.1) is 7.11 Å². The molecular weight excluding hydrogens is 213 g/mol. The Kier molecular flexibility index (Phi) is 2.68. The number of ether oxygens (including phenoxy) is 1. The van der Waals surface area contributed by atoms with Crippen molar-refractivity contribution in [1.29, 1.82) is 0 Å². The molecule has 0 N–H and O–H groups in total. The Labute approximate surface area is 90.6 Å². The topological polar surface area (TPSA) is 52.3 Å². The van der Waals surface area contributed by atoms with E-state index >= 15 is 0 Å². The molecule has 0 radical (unpaired) electrons. The summed E-state index contributed by atoms with van der Waals surface area (Å²) in [5.41, 5.74) is 0.929. The predicted molar refractivity (Wildman–Crippen MR) is 53.2 cm³/mol. The fraction of sp³-hybridized carbons (Fsp3) is 0.0909. The van der Waals surface area contributed by atoms with Crippen LogP contribution in [0.25, 0.3) is 11.3 Å². The number of hydrogen-bond acceptors (Lipinski definition) is 4. The smallest absolute Gasteiger partial charge is 0.376 e. The Hall–Kier alpha value is -2.17. The van der Waals surface area contributed by atoms with E-state index in [1.165, 1.54) is 25.3 Å². The third-order valence-electron chi connectivity index (χ3n) is 2.02. The van der Waals surface area contributed by atoms with Crippen LogP contribution in [0.2, 0.25) is 0 Å². The van der Waals surface area contributed by atoms with Crippen molar-refractivity contribution in [1.82, 2.24) is 5.16 Å². The van der Waals surface area contributed by atoms with Crippen molar-refractivity contribution in [2.24, 2.45) is 0 Å². The van der Waals surface area contributed by atoms with Gasteiger partial charge in [-0.1, -0.05) is 17.3 Å². The van der Waals surface area contributed by atoms with Crippen molar-refractivity contribution in [2.45, 2.75) is 0 Å². The molecule has 0 atom stereocenters. The van der Waals surface area contributed by atoms with E-state index in [0.717, 1.165) is 0 Å². The molecule has 16 heavy (non-hydrogen) atoms. The van der Waals surface area contributed by atoms with Gasteiger partial charge < -0.3 is 9.26 Å². The van der Waals surface area contributed by atoms with E-state index in [-0.39, 0.29) is 11.6 Å². The van der Waals surface area contributed by atoms with Crippen LogP contribution in [0.1, 0.15) is 10.6 Å². The van der Waals surface area contributed by atoms with E-state index in [1.54, 1.807) is 12.1 Å². The molecule has 1 aromatic heterocycles.